The number of hydrogen-bond acceptors (Lipinski definition) is 0. The SMILES string of the molecule is [CH2]C(C)(C)C1CCCCC1. The van der Waals surface area contributed by atoms with E-state index in [1.54, 1.807) is 0 Å². The van der Waals surface area contributed by atoms with Crippen molar-refractivity contribution in [1.29, 1.82) is 0 Å². The second kappa shape index (κ2) is 2.94. The average molecular weight is 139 g/mol. The Hall–Kier alpha value is 0. The van der Waals surface area contributed by atoms with Crippen LogP contribution in [-0.4, -0.2) is 0 Å². The van der Waals surface area contributed by atoms with E-state index >= 15 is 0 Å². The molecule has 0 aliphatic heterocycles. The highest BCUT2D eigenvalue weighted by molar-refractivity contribution is 4.82. The van der Waals surface area contributed by atoms with E-state index in [4.69, 9.17) is 0 Å². The summed E-state index contributed by atoms with van der Waals surface area (Å²) < 4.78 is 0. The molecule has 1 radical (unpaired) electrons. The standard InChI is InChI=1S/C10H19/c1-10(2,3)9-7-5-4-6-8-9/h9H,1,4-8H2,2-3H3. The predicted molar refractivity (Wildman–Crippen MR) is 45.7 cm³/mol. The Labute approximate surface area is 65.0 Å². The van der Waals surface area contributed by atoms with Crippen molar-refractivity contribution in [1.82, 2.24) is 0 Å². The molecule has 0 nitrogen and oxygen atoms in total. The van der Waals surface area contributed by atoms with Gasteiger partial charge in [-0.15, -0.1) is 0 Å². The molecule has 0 amide bonds. The van der Waals surface area contributed by atoms with Crippen molar-refractivity contribution >= 4 is 0 Å². The molecule has 0 aromatic rings. The molecule has 0 N–H and O–H groups in total. The van der Waals surface area contributed by atoms with Crippen LogP contribution in [0.5, 0.6) is 0 Å². The topological polar surface area (TPSA) is 0 Å². The van der Waals surface area contributed by atoms with Gasteiger partial charge in [-0.25, -0.2) is 0 Å². The van der Waals surface area contributed by atoms with Crippen LogP contribution in [0, 0.1) is 18.3 Å². The van der Waals surface area contributed by atoms with Crippen molar-refractivity contribution < 1.29 is 0 Å². The molecule has 0 saturated heterocycles. The second-order valence-electron chi connectivity index (χ2n) is 4.32. The zero-order valence-corrected chi connectivity index (χ0v) is 7.32. The highest BCUT2D eigenvalue weighted by Gasteiger charge is 2.25. The van der Waals surface area contributed by atoms with Gasteiger partial charge in [0.15, 0.2) is 0 Å². The van der Waals surface area contributed by atoms with Crippen LogP contribution in [0.2, 0.25) is 0 Å². The fraction of sp³-hybridized carbons (Fsp3) is 0.900. The molecule has 1 rings (SSSR count). The third kappa shape index (κ3) is 2.00. The van der Waals surface area contributed by atoms with Gasteiger partial charge in [-0.1, -0.05) is 33.1 Å². The maximum absolute atomic E-state index is 4.19. The van der Waals surface area contributed by atoms with Crippen molar-refractivity contribution in [2.75, 3.05) is 0 Å². The predicted octanol–water partition coefficient (Wildman–Crippen LogP) is 3.43. The lowest BCUT2D eigenvalue weighted by molar-refractivity contribution is 0.207. The summed E-state index contributed by atoms with van der Waals surface area (Å²) in [6.45, 7) is 8.73. The van der Waals surface area contributed by atoms with Crippen LogP contribution >= 0.6 is 0 Å². The van der Waals surface area contributed by atoms with Crippen LogP contribution in [0.15, 0.2) is 0 Å². The summed E-state index contributed by atoms with van der Waals surface area (Å²) in [6, 6.07) is 0. The monoisotopic (exact) mass is 139 g/mol. The van der Waals surface area contributed by atoms with Crippen molar-refractivity contribution in [3.63, 3.8) is 0 Å². The van der Waals surface area contributed by atoms with Gasteiger partial charge in [0, 0.05) is 0 Å². The van der Waals surface area contributed by atoms with E-state index in [2.05, 4.69) is 20.8 Å². The quantitative estimate of drug-likeness (QED) is 0.522. The van der Waals surface area contributed by atoms with Crippen LogP contribution in [-0.2, 0) is 0 Å². The summed E-state index contributed by atoms with van der Waals surface area (Å²) in [7, 11) is 0. The van der Waals surface area contributed by atoms with Gasteiger partial charge in [0.2, 0.25) is 0 Å². The van der Waals surface area contributed by atoms with Gasteiger partial charge in [-0.3, -0.25) is 0 Å². The van der Waals surface area contributed by atoms with Crippen molar-refractivity contribution in [3.8, 4) is 0 Å². The molecule has 1 aliphatic rings. The van der Waals surface area contributed by atoms with E-state index in [0.717, 1.165) is 5.92 Å². The molecule has 0 unspecified atom stereocenters. The Kier molecular flexibility index (Phi) is 2.38. The lowest BCUT2D eigenvalue weighted by Crippen LogP contribution is -2.22. The Balaban J connectivity index is 2.39. The van der Waals surface area contributed by atoms with E-state index < -0.39 is 0 Å². The van der Waals surface area contributed by atoms with E-state index in [1.165, 1.54) is 32.1 Å². The first-order valence-corrected chi connectivity index (χ1v) is 4.46. The molecule has 1 saturated carbocycles. The minimum atomic E-state index is 0.320. The van der Waals surface area contributed by atoms with Crippen LogP contribution in [0.4, 0.5) is 0 Å². The molecule has 1 fully saturated rings. The molecular formula is C10H19. The average Bonchev–Trinajstić information content (AvgIpc) is 1.88. The Morgan fingerprint density at radius 2 is 1.60 bits per heavy atom. The van der Waals surface area contributed by atoms with Gasteiger partial charge >= 0.3 is 0 Å². The first-order valence-electron chi connectivity index (χ1n) is 4.46. The highest BCUT2D eigenvalue weighted by atomic mass is 14.3. The summed E-state index contributed by atoms with van der Waals surface area (Å²) in [5, 5.41) is 0. The van der Waals surface area contributed by atoms with E-state index in [9.17, 15) is 0 Å². The Bertz CT molecular complexity index is 91.1. The molecule has 59 valence electrons. The Morgan fingerprint density at radius 1 is 1.10 bits per heavy atom. The van der Waals surface area contributed by atoms with Crippen molar-refractivity contribution in [3.05, 3.63) is 6.92 Å². The third-order valence-electron chi connectivity index (χ3n) is 2.71. The summed E-state index contributed by atoms with van der Waals surface area (Å²) in [5.41, 5.74) is 0.320. The summed E-state index contributed by atoms with van der Waals surface area (Å²) in [4.78, 5) is 0. The van der Waals surface area contributed by atoms with Gasteiger partial charge in [0.05, 0.1) is 0 Å². The first-order chi connectivity index (χ1) is 4.61. The second-order valence-corrected chi connectivity index (χ2v) is 4.32. The zero-order valence-electron chi connectivity index (χ0n) is 7.32. The molecule has 0 atom stereocenters. The normalized spacial score (nSPS) is 23.1. The van der Waals surface area contributed by atoms with Crippen molar-refractivity contribution in [2.45, 2.75) is 46.0 Å². The van der Waals surface area contributed by atoms with Gasteiger partial charge in [-0.2, -0.15) is 0 Å². The maximum Gasteiger partial charge on any atom is -0.0326 e. The smallest absolute Gasteiger partial charge is 0.0326 e. The Morgan fingerprint density at radius 3 is 1.90 bits per heavy atom. The molecule has 0 aromatic carbocycles. The molecule has 10 heavy (non-hydrogen) atoms. The number of rotatable bonds is 1. The molecule has 0 aromatic heterocycles. The van der Waals surface area contributed by atoms with Crippen LogP contribution in [0.3, 0.4) is 0 Å². The lowest BCUT2D eigenvalue weighted by atomic mass is 9.72. The largest absolute Gasteiger partial charge is 0.0596 e. The van der Waals surface area contributed by atoms with Crippen LogP contribution < -0.4 is 0 Å². The molecular weight excluding hydrogens is 120 g/mol. The van der Waals surface area contributed by atoms with E-state index in [1.807, 2.05) is 0 Å². The summed E-state index contributed by atoms with van der Waals surface area (Å²) in [6.07, 6.45) is 7.15. The summed E-state index contributed by atoms with van der Waals surface area (Å²) >= 11 is 0. The lowest BCUT2D eigenvalue weighted by Gasteiger charge is -2.33. The van der Waals surface area contributed by atoms with Crippen LogP contribution in [0.25, 0.3) is 0 Å². The third-order valence-corrected chi connectivity index (χ3v) is 2.71. The van der Waals surface area contributed by atoms with E-state index in [0.29, 0.717) is 5.41 Å². The highest BCUT2D eigenvalue weighted by Crippen LogP contribution is 2.36. The fourth-order valence-corrected chi connectivity index (χ4v) is 1.88. The van der Waals surface area contributed by atoms with Gasteiger partial charge in [0.1, 0.15) is 0 Å². The maximum atomic E-state index is 4.19. The van der Waals surface area contributed by atoms with Crippen LogP contribution in [0.1, 0.15) is 46.0 Å². The molecule has 0 spiro atoms. The minimum absolute atomic E-state index is 0.320. The molecule has 0 bridgehead atoms. The van der Waals surface area contributed by atoms with Gasteiger partial charge < -0.3 is 0 Å². The molecule has 0 heterocycles. The summed E-state index contributed by atoms with van der Waals surface area (Å²) in [5.74, 6) is 0.890. The first kappa shape index (κ1) is 8.10. The minimum Gasteiger partial charge on any atom is -0.0596 e. The number of hydrogen-bond donors (Lipinski definition) is 0. The zero-order chi connectivity index (χ0) is 7.61. The molecule has 0 heteroatoms. The fourth-order valence-electron chi connectivity index (χ4n) is 1.88. The van der Waals surface area contributed by atoms with Crippen molar-refractivity contribution in [2.24, 2.45) is 11.3 Å². The molecule has 1 aliphatic carbocycles. The van der Waals surface area contributed by atoms with Gasteiger partial charge in [-0.05, 0) is 31.1 Å². The van der Waals surface area contributed by atoms with Gasteiger partial charge in [0.25, 0.3) is 0 Å². The van der Waals surface area contributed by atoms with E-state index in [-0.39, 0.29) is 0 Å².